The number of quaternary nitrogens is 1. The maximum Gasteiger partial charge on any atom is 0.316 e. The zero-order chi connectivity index (χ0) is 20.6. The Balaban J connectivity index is 3.47. The van der Waals surface area contributed by atoms with E-state index in [1.54, 1.807) is 14.1 Å². The molecule has 1 amide bonds. The first-order chi connectivity index (χ1) is 12.7. The van der Waals surface area contributed by atoms with Crippen molar-refractivity contribution >= 4 is 16.0 Å². The van der Waals surface area contributed by atoms with E-state index in [-0.39, 0.29) is 16.3 Å². The van der Waals surface area contributed by atoms with Crippen LogP contribution in [0, 0.1) is 0 Å². The highest BCUT2D eigenvalue weighted by atomic mass is 32.2. The smallest absolute Gasteiger partial charge is 0.316 e. The van der Waals surface area contributed by atoms with Crippen LogP contribution in [0.3, 0.4) is 0 Å². The maximum absolute atomic E-state index is 11.8. The van der Waals surface area contributed by atoms with Crippen molar-refractivity contribution in [3.05, 3.63) is 0 Å². The van der Waals surface area contributed by atoms with Crippen molar-refractivity contribution in [2.75, 3.05) is 33.1 Å². The van der Waals surface area contributed by atoms with Gasteiger partial charge in [0.15, 0.2) is 0 Å². The molecule has 0 aromatic heterocycles. The largest absolute Gasteiger partial charge is 0.356 e. The second-order valence-corrected chi connectivity index (χ2v) is 9.78. The van der Waals surface area contributed by atoms with E-state index in [1.807, 2.05) is 0 Å². The normalized spacial score (nSPS) is 12.3. The van der Waals surface area contributed by atoms with Gasteiger partial charge in [-0.1, -0.05) is 71.1 Å². The average molecular weight is 408 g/mol. The molecule has 0 saturated carbocycles. The maximum atomic E-state index is 11.8. The lowest BCUT2D eigenvalue weighted by atomic mass is 10.1. The number of carbonyl (C=O) groups is 1. The number of unbranched alkanes of at least 4 members (excludes halogenated alkanes) is 10. The van der Waals surface area contributed by atoms with E-state index in [2.05, 4.69) is 12.2 Å². The van der Waals surface area contributed by atoms with Crippen molar-refractivity contribution in [1.29, 1.82) is 0 Å². The predicted molar refractivity (Wildman–Crippen MR) is 112 cm³/mol. The van der Waals surface area contributed by atoms with E-state index >= 15 is 0 Å². The van der Waals surface area contributed by atoms with Gasteiger partial charge in [0.2, 0.25) is 11.8 Å². The lowest BCUT2D eigenvalue weighted by Crippen LogP contribution is -2.45. The first-order valence-electron chi connectivity index (χ1n) is 10.7. The van der Waals surface area contributed by atoms with E-state index in [1.165, 1.54) is 57.8 Å². The molecule has 0 spiro atoms. The van der Waals surface area contributed by atoms with Gasteiger partial charge in [0, 0.05) is 19.4 Å². The number of nitrogens with zero attached hydrogens (tertiary/aromatic N) is 1. The van der Waals surface area contributed by atoms with Gasteiger partial charge in [0.25, 0.3) is 0 Å². The predicted octanol–water partition coefficient (Wildman–Crippen LogP) is 4.12. The van der Waals surface area contributed by atoms with Crippen LogP contribution < -0.4 is 5.32 Å². The monoisotopic (exact) mass is 407 g/mol. The summed E-state index contributed by atoms with van der Waals surface area (Å²) in [5.74, 6) is -0.231. The van der Waals surface area contributed by atoms with Crippen LogP contribution >= 0.6 is 0 Å². The van der Waals surface area contributed by atoms with Gasteiger partial charge in [-0.2, -0.15) is 8.42 Å². The molecule has 0 aliphatic carbocycles. The molecule has 0 aromatic rings. The topological polar surface area (TPSA) is 83.5 Å². The molecule has 0 bridgehead atoms. The number of amides is 1. The van der Waals surface area contributed by atoms with Gasteiger partial charge >= 0.3 is 10.1 Å². The Kier molecular flexibility index (Phi) is 14.9. The number of rotatable bonds is 18. The Labute approximate surface area is 167 Å². The molecule has 0 radical (unpaired) electrons. The van der Waals surface area contributed by atoms with Crippen LogP contribution in [-0.4, -0.2) is 56.4 Å². The summed E-state index contributed by atoms with van der Waals surface area (Å²) in [7, 11) is -0.478. The fraction of sp³-hybridized carbons (Fsp3) is 0.950. The molecule has 0 saturated heterocycles. The molecule has 0 atom stereocenters. The SMILES string of the molecule is CCCCCCCCCCCCCC(=O)NCCC[N+](C)(C)CS(=O)(=O)O. The van der Waals surface area contributed by atoms with Gasteiger partial charge in [-0.3, -0.25) is 9.35 Å². The minimum atomic E-state index is -3.98. The third kappa shape index (κ3) is 19.9. The van der Waals surface area contributed by atoms with Crippen molar-refractivity contribution in [2.45, 2.75) is 90.4 Å². The van der Waals surface area contributed by atoms with Gasteiger partial charge < -0.3 is 9.80 Å². The standard InChI is InChI=1S/C20H42N2O4S/c1-4-5-6-7-8-9-10-11-12-13-14-16-20(23)21-17-15-18-22(2,3)19-27(24,25)26/h4-19H2,1-3H3,(H-,21,23,24,25,26)/p+1. The van der Waals surface area contributed by atoms with E-state index in [0.717, 1.165) is 12.8 Å². The second-order valence-electron chi connectivity index (χ2n) is 8.36. The summed E-state index contributed by atoms with van der Waals surface area (Å²) >= 11 is 0. The van der Waals surface area contributed by atoms with Crippen molar-refractivity contribution in [3.8, 4) is 0 Å². The van der Waals surface area contributed by atoms with Crippen molar-refractivity contribution in [1.82, 2.24) is 5.32 Å². The molecule has 0 heterocycles. The van der Waals surface area contributed by atoms with Crippen LogP contribution in [0.5, 0.6) is 0 Å². The van der Waals surface area contributed by atoms with E-state index in [0.29, 0.717) is 25.9 Å². The molecular weight excluding hydrogens is 364 g/mol. The molecular formula is C20H43N2O4S+. The third-order valence-corrected chi connectivity index (χ3v) is 5.81. The lowest BCUT2D eigenvalue weighted by molar-refractivity contribution is -0.878. The fourth-order valence-electron chi connectivity index (χ4n) is 3.28. The summed E-state index contributed by atoms with van der Waals surface area (Å²) in [6.45, 7) is 3.37. The zero-order valence-electron chi connectivity index (χ0n) is 17.8. The average Bonchev–Trinajstić information content (AvgIpc) is 2.54. The number of hydrogen-bond donors (Lipinski definition) is 2. The Morgan fingerprint density at radius 1 is 0.852 bits per heavy atom. The Hall–Kier alpha value is -0.660. The molecule has 2 N–H and O–H groups in total. The Morgan fingerprint density at radius 2 is 1.33 bits per heavy atom. The molecule has 0 rings (SSSR count). The molecule has 7 heteroatoms. The van der Waals surface area contributed by atoms with Crippen molar-refractivity contribution in [2.24, 2.45) is 0 Å². The summed E-state index contributed by atoms with van der Waals surface area (Å²) in [5, 5.41) is 2.89. The van der Waals surface area contributed by atoms with Crippen LogP contribution in [0.15, 0.2) is 0 Å². The molecule has 0 unspecified atom stereocenters. The quantitative estimate of drug-likeness (QED) is 0.203. The van der Waals surface area contributed by atoms with Gasteiger partial charge in [0.05, 0.1) is 20.6 Å². The van der Waals surface area contributed by atoms with Gasteiger partial charge in [-0.25, -0.2) is 0 Å². The summed E-state index contributed by atoms with van der Waals surface area (Å²) < 4.78 is 31.0. The summed E-state index contributed by atoms with van der Waals surface area (Å²) in [6, 6.07) is 0. The van der Waals surface area contributed by atoms with E-state index in [4.69, 9.17) is 4.55 Å². The third-order valence-electron chi connectivity index (χ3n) is 4.78. The highest BCUT2D eigenvalue weighted by molar-refractivity contribution is 7.85. The highest BCUT2D eigenvalue weighted by Crippen LogP contribution is 2.11. The Morgan fingerprint density at radius 3 is 1.81 bits per heavy atom. The van der Waals surface area contributed by atoms with Crippen molar-refractivity contribution in [3.63, 3.8) is 0 Å². The van der Waals surface area contributed by atoms with Gasteiger partial charge in [0.1, 0.15) is 0 Å². The molecule has 162 valence electrons. The van der Waals surface area contributed by atoms with E-state index in [9.17, 15) is 13.2 Å². The van der Waals surface area contributed by atoms with E-state index < -0.39 is 10.1 Å². The lowest BCUT2D eigenvalue weighted by Gasteiger charge is -2.27. The van der Waals surface area contributed by atoms with Crippen LogP contribution in [0.4, 0.5) is 0 Å². The zero-order valence-corrected chi connectivity index (χ0v) is 18.7. The van der Waals surface area contributed by atoms with Crippen molar-refractivity contribution < 1.29 is 22.2 Å². The molecule has 0 fully saturated rings. The highest BCUT2D eigenvalue weighted by Gasteiger charge is 2.22. The first kappa shape index (κ1) is 26.3. The molecule has 6 nitrogen and oxygen atoms in total. The second kappa shape index (κ2) is 15.3. The molecule has 27 heavy (non-hydrogen) atoms. The minimum Gasteiger partial charge on any atom is -0.356 e. The minimum absolute atomic E-state index is 0.0750. The molecule has 0 aromatic carbocycles. The van der Waals surface area contributed by atoms with Crippen LogP contribution in [-0.2, 0) is 14.9 Å². The summed E-state index contributed by atoms with van der Waals surface area (Å²) in [4.78, 5) is 11.8. The molecule has 0 aliphatic rings. The van der Waals surface area contributed by atoms with Gasteiger partial charge in [-0.15, -0.1) is 0 Å². The fourth-order valence-corrected chi connectivity index (χ4v) is 4.29. The van der Waals surface area contributed by atoms with Crippen LogP contribution in [0.2, 0.25) is 0 Å². The number of carbonyl (C=O) groups excluding carboxylic acids is 1. The number of hydrogen-bond acceptors (Lipinski definition) is 3. The van der Waals surface area contributed by atoms with Crippen LogP contribution in [0.25, 0.3) is 0 Å². The molecule has 0 aliphatic heterocycles. The van der Waals surface area contributed by atoms with Crippen LogP contribution in [0.1, 0.15) is 90.4 Å². The summed E-state index contributed by atoms with van der Waals surface area (Å²) in [5.41, 5.74) is 0. The Bertz CT molecular complexity index is 478. The van der Waals surface area contributed by atoms with Gasteiger partial charge in [-0.05, 0) is 6.42 Å². The first-order valence-corrected chi connectivity index (χ1v) is 12.3. The summed E-state index contributed by atoms with van der Waals surface area (Å²) in [6.07, 6.45) is 15.2. The number of nitrogens with one attached hydrogen (secondary N) is 1.